The summed E-state index contributed by atoms with van der Waals surface area (Å²) in [5, 5.41) is 5.79. The second kappa shape index (κ2) is 9.25. The van der Waals surface area contributed by atoms with Gasteiger partial charge in [-0.2, -0.15) is 0 Å². The number of hydrogen-bond donors (Lipinski definition) is 2. The molecule has 162 valence electrons. The summed E-state index contributed by atoms with van der Waals surface area (Å²) in [6.07, 6.45) is 9.98. The molecule has 0 saturated carbocycles. The van der Waals surface area contributed by atoms with Crippen LogP contribution in [0.1, 0.15) is 5.56 Å². The highest BCUT2D eigenvalue weighted by molar-refractivity contribution is 5.92. The summed E-state index contributed by atoms with van der Waals surface area (Å²) in [6.45, 7) is 0. The van der Waals surface area contributed by atoms with Gasteiger partial charge in [-0.15, -0.1) is 0 Å². The van der Waals surface area contributed by atoms with Gasteiger partial charge in [-0.1, -0.05) is 12.1 Å². The molecule has 1 amide bonds. The normalized spacial score (nSPS) is 10.6. The van der Waals surface area contributed by atoms with Gasteiger partial charge in [0.25, 0.3) is 0 Å². The highest BCUT2D eigenvalue weighted by Crippen LogP contribution is 2.23. The molecule has 0 bridgehead atoms. The van der Waals surface area contributed by atoms with E-state index < -0.39 is 5.82 Å². The second-order valence-corrected chi connectivity index (χ2v) is 7.13. The molecule has 0 aliphatic carbocycles. The number of methoxy groups -OCH3 is 1. The molecule has 4 aromatic rings. The molecule has 0 aliphatic heterocycles. The van der Waals surface area contributed by atoms with Crippen molar-refractivity contribution < 1.29 is 13.9 Å². The van der Waals surface area contributed by atoms with Gasteiger partial charge in [0.2, 0.25) is 11.9 Å². The van der Waals surface area contributed by atoms with E-state index in [9.17, 15) is 9.18 Å². The minimum absolute atomic E-state index is 0.111. The number of anilines is 3. The molecule has 2 N–H and O–H groups in total. The predicted octanol–water partition coefficient (Wildman–Crippen LogP) is 3.95. The maximum Gasteiger partial charge on any atom is 0.228 e. The lowest BCUT2D eigenvalue weighted by molar-refractivity contribution is -0.115. The smallest absolute Gasteiger partial charge is 0.228 e. The van der Waals surface area contributed by atoms with Crippen LogP contribution in [0.15, 0.2) is 67.5 Å². The van der Waals surface area contributed by atoms with Crippen molar-refractivity contribution in [3.63, 3.8) is 0 Å². The van der Waals surface area contributed by atoms with Gasteiger partial charge in [0, 0.05) is 43.5 Å². The van der Waals surface area contributed by atoms with Gasteiger partial charge in [0.15, 0.2) is 0 Å². The number of nitrogens with zero attached hydrogens (tertiary/aromatic N) is 4. The molecule has 0 aliphatic rings. The monoisotopic (exact) mass is 432 g/mol. The van der Waals surface area contributed by atoms with Crippen LogP contribution >= 0.6 is 0 Å². The number of carbonyl (C=O) groups excluding carboxylic acids is 1. The Morgan fingerprint density at radius 2 is 1.88 bits per heavy atom. The van der Waals surface area contributed by atoms with Gasteiger partial charge in [-0.25, -0.2) is 14.4 Å². The maximum atomic E-state index is 14.7. The summed E-state index contributed by atoms with van der Waals surface area (Å²) < 4.78 is 21.6. The van der Waals surface area contributed by atoms with Crippen molar-refractivity contribution in [1.82, 2.24) is 19.5 Å². The van der Waals surface area contributed by atoms with E-state index in [4.69, 9.17) is 4.74 Å². The van der Waals surface area contributed by atoms with Crippen LogP contribution in [-0.2, 0) is 18.3 Å². The van der Waals surface area contributed by atoms with Crippen LogP contribution in [0.2, 0.25) is 0 Å². The van der Waals surface area contributed by atoms with Crippen molar-refractivity contribution in [1.29, 1.82) is 0 Å². The first-order valence-corrected chi connectivity index (χ1v) is 9.79. The van der Waals surface area contributed by atoms with E-state index in [1.807, 2.05) is 30.1 Å². The minimum Gasteiger partial charge on any atom is -0.495 e. The van der Waals surface area contributed by atoms with Gasteiger partial charge < -0.3 is 19.9 Å². The van der Waals surface area contributed by atoms with Crippen LogP contribution in [0.4, 0.5) is 21.7 Å². The van der Waals surface area contributed by atoms with Gasteiger partial charge in [-0.3, -0.25) is 9.78 Å². The van der Waals surface area contributed by atoms with E-state index in [0.717, 1.165) is 5.69 Å². The third-order valence-electron chi connectivity index (χ3n) is 4.71. The molecule has 4 rings (SSSR count). The van der Waals surface area contributed by atoms with Crippen LogP contribution in [0, 0.1) is 5.82 Å². The average Bonchev–Trinajstić information content (AvgIpc) is 3.20. The number of aryl methyl sites for hydroxylation is 1. The Morgan fingerprint density at radius 3 is 2.56 bits per heavy atom. The molecule has 0 saturated heterocycles. The second-order valence-electron chi connectivity index (χ2n) is 7.13. The SMILES string of the molecule is COc1cncc(NC(=O)Cc2ccc(-c3cnc(Nc4ccn(C)c4)nc3)cc2F)c1. The van der Waals surface area contributed by atoms with Crippen molar-refractivity contribution in [3.8, 4) is 16.9 Å². The number of aromatic nitrogens is 4. The Kier molecular flexibility index (Phi) is 6.07. The number of rotatable bonds is 7. The number of ether oxygens (including phenoxy) is 1. The van der Waals surface area contributed by atoms with Crippen molar-refractivity contribution in [2.45, 2.75) is 6.42 Å². The number of carbonyl (C=O) groups is 1. The molecule has 0 atom stereocenters. The van der Waals surface area contributed by atoms with E-state index in [0.29, 0.717) is 28.5 Å². The Hall–Kier alpha value is -4.27. The maximum absolute atomic E-state index is 14.7. The van der Waals surface area contributed by atoms with Crippen LogP contribution in [0.3, 0.4) is 0 Å². The molecule has 8 nitrogen and oxygen atoms in total. The standard InChI is InChI=1S/C23H21FN6O2/c1-30-6-5-18(14-30)29-23-26-10-17(11-27-23)15-3-4-16(21(24)7-15)8-22(31)28-19-9-20(32-2)13-25-12-19/h3-7,9-14H,8H2,1-2H3,(H,28,31)(H,26,27,29). The van der Waals surface area contributed by atoms with Crippen LogP contribution in [0.5, 0.6) is 5.75 Å². The highest BCUT2D eigenvalue weighted by atomic mass is 19.1. The first-order chi connectivity index (χ1) is 15.5. The zero-order valence-electron chi connectivity index (χ0n) is 17.5. The highest BCUT2D eigenvalue weighted by Gasteiger charge is 2.11. The van der Waals surface area contributed by atoms with E-state index in [1.54, 1.807) is 30.6 Å². The van der Waals surface area contributed by atoms with Crippen molar-refractivity contribution in [2.75, 3.05) is 17.7 Å². The molecule has 0 fully saturated rings. The number of halogens is 1. The Balaban J connectivity index is 1.41. The minimum atomic E-state index is -0.479. The van der Waals surface area contributed by atoms with E-state index in [1.165, 1.54) is 25.6 Å². The van der Waals surface area contributed by atoms with Crippen molar-refractivity contribution >= 4 is 23.2 Å². The first kappa shape index (κ1) is 21.0. The summed E-state index contributed by atoms with van der Waals surface area (Å²) in [5.41, 5.74) is 2.92. The lowest BCUT2D eigenvalue weighted by atomic mass is 10.0. The summed E-state index contributed by atoms with van der Waals surface area (Å²) in [7, 11) is 3.44. The molecule has 9 heteroatoms. The average molecular weight is 432 g/mol. The molecule has 0 radical (unpaired) electrons. The molecule has 0 unspecified atom stereocenters. The molecule has 3 heterocycles. The van der Waals surface area contributed by atoms with E-state index in [-0.39, 0.29) is 17.9 Å². The number of pyridine rings is 1. The third kappa shape index (κ3) is 5.07. The van der Waals surface area contributed by atoms with Crippen LogP contribution in [-0.4, -0.2) is 32.5 Å². The zero-order valence-corrected chi connectivity index (χ0v) is 17.5. The topological polar surface area (TPSA) is 94.0 Å². The number of hydrogen-bond acceptors (Lipinski definition) is 6. The predicted molar refractivity (Wildman–Crippen MR) is 119 cm³/mol. The third-order valence-corrected chi connectivity index (χ3v) is 4.71. The largest absolute Gasteiger partial charge is 0.495 e. The zero-order chi connectivity index (χ0) is 22.5. The van der Waals surface area contributed by atoms with E-state index in [2.05, 4.69) is 25.6 Å². The summed E-state index contributed by atoms with van der Waals surface area (Å²) in [5.74, 6) is 0.130. The first-order valence-electron chi connectivity index (χ1n) is 9.79. The lowest BCUT2D eigenvalue weighted by Crippen LogP contribution is -2.15. The Bertz CT molecular complexity index is 1240. The fourth-order valence-electron chi connectivity index (χ4n) is 3.10. The van der Waals surface area contributed by atoms with E-state index >= 15 is 0 Å². The molecular formula is C23H21FN6O2. The van der Waals surface area contributed by atoms with Crippen molar-refractivity contribution in [2.24, 2.45) is 7.05 Å². The van der Waals surface area contributed by atoms with Crippen molar-refractivity contribution in [3.05, 3.63) is 78.9 Å². The fraction of sp³-hybridized carbons (Fsp3) is 0.130. The summed E-state index contributed by atoms with van der Waals surface area (Å²) in [4.78, 5) is 24.9. The molecule has 1 aromatic carbocycles. The molecule has 3 aromatic heterocycles. The number of benzene rings is 1. The quantitative estimate of drug-likeness (QED) is 0.459. The summed E-state index contributed by atoms with van der Waals surface area (Å²) in [6, 6.07) is 8.25. The number of amides is 1. The van der Waals surface area contributed by atoms with Crippen LogP contribution < -0.4 is 15.4 Å². The van der Waals surface area contributed by atoms with Gasteiger partial charge in [0.05, 0.1) is 37.3 Å². The molecular weight excluding hydrogens is 411 g/mol. The lowest BCUT2D eigenvalue weighted by Gasteiger charge is -2.09. The fourth-order valence-corrected chi connectivity index (χ4v) is 3.10. The summed E-state index contributed by atoms with van der Waals surface area (Å²) >= 11 is 0. The number of nitrogens with one attached hydrogen (secondary N) is 2. The molecule has 32 heavy (non-hydrogen) atoms. The van der Waals surface area contributed by atoms with Gasteiger partial charge in [-0.05, 0) is 23.3 Å². The van der Waals surface area contributed by atoms with Crippen LogP contribution in [0.25, 0.3) is 11.1 Å². The van der Waals surface area contributed by atoms with Gasteiger partial charge in [0.1, 0.15) is 11.6 Å². The van der Waals surface area contributed by atoms with Gasteiger partial charge >= 0.3 is 0 Å². The molecule has 0 spiro atoms. The Labute approximate surface area is 184 Å². The Morgan fingerprint density at radius 1 is 1.06 bits per heavy atom.